The molecule has 0 aromatic heterocycles. The predicted octanol–water partition coefficient (Wildman–Crippen LogP) is 0.148. The number of carbonyl (C=O) groups excluding carboxylic acids is 1. The summed E-state index contributed by atoms with van der Waals surface area (Å²) in [5.41, 5.74) is 10.6. The van der Waals surface area contributed by atoms with Crippen molar-refractivity contribution in [2.45, 2.75) is 44.2 Å². The van der Waals surface area contributed by atoms with Crippen LogP contribution >= 0.6 is 0 Å². The van der Waals surface area contributed by atoms with Gasteiger partial charge in [-0.25, -0.2) is 0 Å². The lowest BCUT2D eigenvalue weighted by atomic mass is 9.87. The van der Waals surface area contributed by atoms with E-state index in [1.807, 2.05) is 6.92 Å². The Morgan fingerprint density at radius 2 is 2.31 bits per heavy atom. The van der Waals surface area contributed by atoms with E-state index < -0.39 is 0 Å². The number of ether oxygens (including phenoxy) is 1. The first-order valence-electron chi connectivity index (χ1n) is 4.72. The van der Waals surface area contributed by atoms with Gasteiger partial charge >= 0.3 is 0 Å². The van der Waals surface area contributed by atoms with Crippen LogP contribution < -0.4 is 11.5 Å². The maximum atomic E-state index is 10.7. The summed E-state index contributed by atoms with van der Waals surface area (Å²) in [4.78, 5) is 10.7. The van der Waals surface area contributed by atoms with Gasteiger partial charge in [-0.3, -0.25) is 4.79 Å². The second-order valence-electron chi connectivity index (χ2n) is 3.90. The minimum Gasteiger partial charge on any atom is -0.374 e. The molecule has 2 atom stereocenters. The van der Waals surface area contributed by atoms with Gasteiger partial charge in [0.05, 0.1) is 5.60 Å². The topological polar surface area (TPSA) is 78.3 Å². The number of carbonyl (C=O) groups is 1. The van der Waals surface area contributed by atoms with E-state index in [0.717, 1.165) is 25.9 Å². The van der Waals surface area contributed by atoms with E-state index in [9.17, 15) is 4.79 Å². The first kappa shape index (κ1) is 10.5. The summed E-state index contributed by atoms with van der Waals surface area (Å²) >= 11 is 0. The highest BCUT2D eigenvalue weighted by Crippen LogP contribution is 2.27. The summed E-state index contributed by atoms with van der Waals surface area (Å²) in [5, 5.41) is 0. The molecular weight excluding hydrogens is 168 g/mol. The first-order valence-corrected chi connectivity index (χ1v) is 4.72. The van der Waals surface area contributed by atoms with Crippen LogP contribution in [0.1, 0.15) is 32.6 Å². The fraction of sp³-hybridized carbons (Fsp3) is 0.889. The summed E-state index contributed by atoms with van der Waals surface area (Å²) < 4.78 is 5.60. The number of hydrogen-bond acceptors (Lipinski definition) is 3. The normalized spacial score (nSPS) is 31.2. The summed E-state index contributed by atoms with van der Waals surface area (Å²) in [7, 11) is 0. The molecule has 76 valence electrons. The molecule has 0 bridgehead atoms. The number of rotatable bonds is 3. The molecule has 4 N–H and O–H groups in total. The third-order valence-corrected chi connectivity index (χ3v) is 2.70. The zero-order valence-corrected chi connectivity index (χ0v) is 8.08. The molecule has 0 aliphatic carbocycles. The van der Waals surface area contributed by atoms with Crippen LogP contribution in [0.25, 0.3) is 0 Å². The van der Waals surface area contributed by atoms with E-state index in [2.05, 4.69) is 0 Å². The number of amides is 1. The summed E-state index contributed by atoms with van der Waals surface area (Å²) in [6, 6.07) is -0.273. The van der Waals surface area contributed by atoms with E-state index >= 15 is 0 Å². The smallest absolute Gasteiger partial charge is 0.219 e. The quantitative estimate of drug-likeness (QED) is 0.658. The molecular formula is C9H18N2O2. The van der Waals surface area contributed by atoms with Gasteiger partial charge < -0.3 is 16.2 Å². The number of nitrogens with two attached hydrogens (primary N) is 2. The number of primary amides is 1. The lowest BCUT2D eigenvalue weighted by Gasteiger charge is -2.38. The first-order chi connectivity index (χ1) is 6.04. The minimum atomic E-state index is -0.358. The van der Waals surface area contributed by atoms with Crippen molar-refractivity contribution < 1.29 is 9.53 Å². The van der Waals surface area contributed by atoms with Crippen LogP contribution in [0.3, 0.4) is 0 Å². The highest BCUT2D eigenvalue weighted by molar-refractivity contribution is 5.74. The maximum Gasteiger partial charge on any atom is 0.219 e. The average Bonchev–Trinajstić information content (AvgIpc) is 2.04. The van der Waals surface area contributed by atoms with E-state index in [1.165, 1.54) is 0 Å². The maximum absolute atomic E-state index is 10.7. The zero-order chi connectivity index (χ0) is 9.90. The Hall–Kier alpha value is -0.610. The Bertz CT molecular complexity index is 188. The van der Waals surface area contributed by atoms with Gasteiger partial charge in [0.1, 0.15) is 0 Å². The van der Waals surface area contributed by atoms with Crippen LogP contribution in [0.2, 0.25) is 0 Å². The molecule has 13 heavy (non-hydrogen) atoms. The van der Waals surface area contributed by atoms with Crippen molar-refractivity contribution in [3.05, 3.63) is 0 Å². The molecule has 1 amide bonds. The Morgan fingerprint density at radius 1 is 1.62 bits per heavy atom. The highest BCUT2D eigenvalue weighted by atomic mass is 16.5. The molecule has 1 fully saturated rings. The second-order valence-corrected chi connectivity index (χ2v) is 3.90. The van der Waals surface area contributed by atoms with E-state index in [-0.39, 0.29) is 24.0 Å². The molecule has 0 aromatic rings. The molecule has 1 rings (SSSR count). The van der Waals surface area contributed by atoms with Crippen molar-refractivity contribution >= 4 is 5.91 Å². The fourth-order valence-corrected chi connectivity index (χ4v) is 1.68. The highest BCUT2D eigenvalue weighted by Gasteiger charge is 2.35. The number of hydrogen-bond donors (Lipinski definition) is 2. The molecule has 0 radical (unpaired) electrons. The van der Waals surface area contributed by atoms with Gasteiger partial charge in [0.2, 0.25) is 5.91 Å². The van der Waals surface area contributed by atoms with Gasteiger partial charge in [-0.05, 0) is 26.2 Å². The van der Waals surface area contributed by atoms with Crippen molar-refractivity contribution in [3.63, 3.8) is 0 Å². The van der Waals surface area contributed by atoms with Gasteiger partial charge in [-0.1, -0.05) is 0 Å². The van der Waals surface area contributed by atoms with Crippen LogP contribution in [0, 0.1) is 0 Å². The fourth-order valence-electron chi connectivity index (χ4n) is 1.68. The Kier molecular flexibility index (Phi) is 3.27. The molecule has 1 unspecified atom stereocenters. The summed E-state index contributed by atoms with van der Waals surface area (Å²) in [6.45, 7) is 2.70. The Morgan fingerprint density at radius 3 is 2.77 bits per heavy atom. The van der Waals surface area contributed by atoms with E-state index in [0.29, 0.717) is 0 Å². The average molecular weight is 186 g/mol. The van der Waals surface area contributed by atoms with Crippen molar-refractivity contribution in [1.82, 2.24) is 0 Å². The van der Waals surface area contributed by atoms with Gasteiger partial charge in [0.25, 0.3) is 0 Å². The Labute approximate surface area is 78.6 Å². The third kappa shape index (κ3) is 2.67. The summed E-state index contributed by atoms with van der Waals surface area (Å²) in [5.74, 6) is -0.358. The summed E-state index contributed by atoms with van der Waals surface area (Å²) in [6.07, 6.45) is 3.32. The molecule has 1 saturated heterocycles. The SMILES string of the molecule is CC1([C@@H](N)CC(N)=O)CCCCO1. The molecule has 1 aliphatic heterocycles. The third-order valence-electron chi connectivity index (χ3n) is 2.70. The molecule has 4 nitrogen and oxygen atoms in total. The van der Waals surface area contributed by atoms with Crippen LogP contribution in [0.15, 0.2) is 0 Å². The minimum absolute atomic E-state index is 0.205. The van der Waals surface area contributed by atoms with Crippen LogP contribution in [0.4, 0.5) is 0 Å². The van der Waals surface area contributed by atoms with Gasteiger partial charge in [0, 0.05) is 19.1 Å². The molecule has 1 aliphatic rings. The molecule has 0 aromatic carbocycles. The predicted molar refractivity (Wildman–Crippen MR) is 50.0 cm³/mol. The standard InChI is InChI=1S/C9H18N2O2/c1-9(4-2-3-5-13-9)7(10)6-8(11)12/h7H,2-6,10H2,1H3,(H2,11,12)/t7-,9?/m0/s1. The van der Waals surface area contributed by atoms with Crippen LogP contribution in [0.5, 0.6) is 0 Å². The lowest BCUT2D eigenvalue weighted by Crippen LogP contribution is -2.51. The molecule has 0 spiro atoms. The van der Waals surface area contributed by atoms with E-state index in [4.69, 9.17) is 16.2 Å². The lowest BCUT2D eigenvalue weighted by molar-refractivity contribution is -0.123. The second kappa shape index (κ2) is 4.07. The van der Waals surface area contributed by atoms with Crippen LogP contribution in [-0.2, 0) is 9.53 Å². The molecule has 0 saturated carbocycles. The monoisotopic (exact) mass is 186 g/mol. The zero-order valence-electron chi connectivity index (χ0n) is 8.08. The Balaban J connectivity index is 2.51. The molecule has 1 heterocycles. The van der Waals surface area contributed by atoms with Crippen molar-refractivity contribution in [3.8, 4) is 0 Å². The molecule has 4 heteroatoms. The van der Waals surface area contributed by atoms with Gasteiger partial charge in [0.15, 0.2) is 0 Å². The van der Waals surface area contributed by atoms with Gasteiger partial charge in [-0.15, -0.1) is 0 Å². The largest absolute Gasteiger partial charge is 0.374 e. The van der Waals surface area contributed by atoms with Crippen LogP contribution in [-0.4, -0.2) is 24.2 Å². The van der Waals surface area contributed by atoms with Crippen molar-refractivity contribution in [2.24, 2.45) is 11.5 Å². The van der Waals surface area contributed by atoms with Crippen molar-refractivity contribution in [2.75, 3.05) is 6.61 Å². The van der Waals surface area contributed by atoms with Gasteiger partial charge in [-0.2, -0.15) is 0 Å². The van der Waals surface area contributed by atoms with E-state index in [1.54, 1.807) is 0 Å². The van der Waals surface area contributed by atoms with Crippen molar-refractivity contribution in [1.29, 1.82) is 0 Å².